The van der Waals surface area contributed by atoms with Gasteiger partial charge >= 0.3 is 0 Å². The van der Waals surface area contributed by atoms with Crippen molar-refractivity contribution >= 4 is 6.29 Å². The van der Waals surface area contributed by atoms with Gasteiger partial charge in [-0.2, -0.15) is 0 Å². The van der Waals surface area contributed by atoms with Crippen LogP contribution in [-0.2, 0) is 14.3 Å². The lowest BCUT2D eigenvalue weighted by molar-refractivity contribution is -0.284. The SMILES string of the molecule is C=CC(=C)CC1(CC=O)COC(C)(C)OC1. The molecular weight excluding hydrogens is 204 g/mol. The van der Waals surface area contributed by atoms with Crippen molar-refractivity contribution < 1.29 is 14.3 Å². The topological polar surface area (TPSA) is 35.5 Å². The van der Waals surface area contributed by atoms with Crippen molar-refractivity contribution in [3.05, 3.63) is 24.8 Å². The van der Waals surface area contributed by atoms with E-state index in [-0.39, 0.29) is 5.41 Å². The highest BCUT2D eigenvalue weighted by Gasteiger charge is 2.39. The Bertz CT molecular complexity index is 282. The second kappa shape index (κ2) is 4.93. The molecule has 0 amide bonds. The highest BCUT2D eigenvalue weighted by molar-refractivity contribution is 5.51. The fraction of sp³-hybridized carbons (Fsp3) is 0.615. The number of carbonyl (C=O) groups is 1. The van der Waals surface area contributed by atoms with E-state index >= 15 is 0 Å². The van der Waals surface area contributed by atoms with Crippen LogP contribution >= 0.6 is 0 Å². The number of carbonyl (C=O) groups excluding carboxylic acids is 1. The van der Waals surface area contributed by atoms with Gasteiger partial charge in [-0.3, -0.25) is 0 Å². The second-order valence-electron chi connectivity index (χ2n) is 4.89. The summed E-state index contributed by atoms with van der Waals surface area (Å²) in [6, 6.07) is 0. The van der Waals surface area contributed by atoms with Crippen molar-refractivity contribution in [1.29, 1.82) is 0 Å². The van der Waals surface area contributed by atoms with Gasteiger partial charge in [0.25, 0.3) is 0 Å². The summed E-state index contributed by atoms with van der Waals surface area (Å²) < 4.78 is 11.2. The van der Waals surface area contributed by atoms with E-state index in [9.17, 15) is 4.79 Å². The van der Waals surface area contributed by atoms with Gasteiger partial charge in [-0.1, -0.05) is 24.8 Å². The summed E-state index contributed by atoms with van der Waals surface area (Å²) in [6.45, 7) is 12.4. The molecule has 0 atom stereocenters. The smallest absolute Gasteiger partial charge is 0.162 e. The van der Waals surface area contributed by atoms with E-state index in [1.165, 1.54) is 0 Å². The lowest BCUT2D eigenvalue weighted by Gasteiger charge is -2.43. The van der Waals surface area contributed by atoms with E-state index in [1.807, 2.05) is 13.8 Å². The van der Waals surface area contributed by atoms with Gasteiger partial charge in [0.2, 0.25) is 0 Å². The lowest BCUT2D eigenvalue weighted by Crippen LogP contribution is -2.46. The van der Waals surface area contributed by atoms with Crippen molar-refractivity contribution in [3.8, 4) is 0 Å². The molecule has 0 radical (unpaired) electrons. The van der Waals surface area contributed by atoms with Crippen LogP contribution in [0.5, 0.6) is 0 Å². The van der Waals surface area contributed by atoms with Crippen LogP contribution in [0.4, 0.5) is 0 Å². The van der Waals surface area contributed by atoms with Gasteiger partial charge < -0.3 is 14.3 Å². The third-order valence-corrected chi connectivity index (χ3v) is 2.86. The predicted octanol–water partition coefficient (Wildman–Crippen LogP) is 2.48. The zero-order valence-electron chi connectivity index (χ0n) is 10.1. The van der Waals surface area contributed by atoms with Crippen molar-refractivity contribution in [2.75, 3.05) is 13.2 Å². The molecule has 3 heteroatoms. The van der Waals surface area contributed by atoms with Crippen LogP contribution in [0.2, 0.25) is 0 Å². The largest absolute Gasteiger partial charge is 0.350 e. The van der Waals surface area contributed by atoms with Crippen LogP contribution in [-0.4, -0.2) is 25.3 Å². The van der Waals surface area contributed by atoms with Crippen molar-refractivity contribution in [2.45, 2.75) is 32.5 Å². The maximum absolute atomic E-state index is 10.7. The van der Waals surface area contributed by atoms with Gasteiger partial charge in [0.15, 0.2) is 5.79 Å². The molecule has 0 saturated carbocycles. The third-order valence-electron chi connectivity index (χ3n) is 2.86. The van der Waals surface area contributed by atoms with E-state index < -0.39 is 5.79 Å². The molecular formula is C13H20O3. The summed E-state index contributed by atoms with van der Waals surface area (Å²) in [6.07, 6.45) is 3.75. The van der Waals surface area contributed by atoms with Crippen molar-refractivity contribution in [3.63, 3.8) is 0 Å². The van der Waals surface area contributed by atoms with E-state index in [0.717, 1.165) is 11.9 Å². The minimum Gasteiger partial charge on any atom is -0.350 e. The molecule has 90 valence electrons. The van der Waals surface area contributed by atoms with E-state index in [0.29, 0.717) is 26.1 Å². The zero-order chi connectivity index (χ0) is 12.2. The second-order valence-corrected chi connectivity index (χ2v) is 4.89. The molecule has 1 heterocycles. The van der Waals surface area contributed by atoms with Crippen molar-refractivity contribution in [2.24, 2.45) is 5.41 Å². The fourth-order valence-electron chi connectivity index (χ4n) is 1.76. The fourth-order valence-corrected chi connectivity index (χ4v) is 1.76. The number of aldehydes is 1. The van der Waals surface area contributed by atoms with Crippen molar-refractivity contribution in [1.82, 2.24) is 0 Å². The normalized spacial score (nSPS) is 22.4. The van der Waals surface area contributed by atoms with Gasteiger partial charge in [0.05, 0.1) is 13.2 Å². The summed E-state index contributed by atoms with van der Waals surface area (Å²) >= 11 is 0. The van der Waals surface area contributed by atoms with Crippen LogP contribution in [0.25, 0.3) is 0 Å². The van der Waals surface area contributed by atoms with Gasteiger partial charge in [0.1, 0.15) is 6.29 Å². The molecule has 1 rings (SSSR count). The molecule has 0 aromatic carbocycles. The van der Waals surface area contributed by atoms with E-state index in [4.69, 9.17) is 9.47 Å². The number of rotatable bonds is 5. The molecule has 3 nitrogen and oxygen atoms in total. The minimum absolute atomic E-state index is 0.275. The first kappa shape index (κ1) is 13.1. The summed E-state index contributed by atoms with van der Waals surface area (Å²) in [7, 11) is 0. The van der Waals surface area contributed by atoms with Crippen LogP contribution < -0.4 is 0 Å². The molecule has 0 bridgehead atoms. The van der Waals surface area contributed by atoms with Crippen LogP contribution in [0.15, 0.2) is 24.8 Å². The van der Waals surface area contributed by atoms with Crippen LogP contribution in [0, 0.1) is 5.41 Å². The number of hydrogen-bond acceptors (Lipinski definition) is 3. The molecule has 0 aliphatic carbocycles. The molecule has 0 spiro atoms. The molecule has 0 aromatic heterocycles. The minimum atomic E-state index is -0.554. The Morgan fingerprint density at radius 1 is 1.38 bits per heavy atom. The van der Waals surface area contributed by atoms with Gasteiger partial charge in [0, 0.05) is 11.8 Å². The first-order valence-corrected chi connectivity index (χ1v) is 5.45. The Labute approximate surface area is 97.1 Å². The Morgan fingerprint density at radius 3 is 2.38 bits per heavy atom. The summed E-state index contributed by atoms with van der Waals surface area (Å²) in [5, 5.41) is 0. The van der Waals surface area contributed by atoms with E-state index in [2.05, 4.69) is 13.2 Å². The Hall–Kier alpha value is -0.930. The Kier molecular flexibility index (Phi) is 4.05. The Balaban J connectivity index is 2.71. The average molecular weight is 224 g/mol. The van der Waals surface area contributed by atoms with Crippen LogP contribution in [0.3, 0.4) is 0 Å². The van der Waals surface area contributed by atoms with Gasteiger partial charge in [-0.05, 0) is 20.3 Å². The summed E-state index contributed by atoms with van der Waals surface area (Å²) in [4.78, 5) is 10.7. The third kappa shape index (κ3) is 3.29. The maximum atomic E-state index is 10.7. The van der Waals surface area contributed by atoms with Gasteiger partial charge in [-0.15, -0.1) is 0 Å². The number of hydrogen-bond donors (Lipinski definition) is 0. The lowest BCUT2D eigenvalue weighted by atomic mass is 9.80. The zero-order valence-corrected chi connectivity index (χ0v) is 10.1. The van der Waals surface area contributed by atoms with Gasteiger partial charge in [-0.25, -0.2) is 0 Å². The monoisotopic (exact) mass is 224 g/mol. The molecule has 1 aliphatic heterocycles. The predicted molar refractivity (Wildman–Crippen MR) is 63.1 cm³/mol. The molecule has 1 fully saturated rings. The van der Waals surface area contributed by atoms with Crippen LogP contribution in [0.1, 0.15) is 26.7 Å². The molecule has 0 aromatic rings. The highest BCUT2D eigenvalue weighted by Crippen LogP contribution is 2.37. The number of ether oxygens (including phenoxy) is 2. The molecule has 0 N–H and O–H groups in total. The standard InChI is InChI=1S/C13H20O3/c1-5-11(2)8-13(6-7-14)9-15-12(3,4)16-10-13/h5,7H,1-2,6,8-10H2,3-4H3. The molecule has 1 saturated heterocycles. The maximum Gasteiger partial charge on any atom is 0.162 e. The average Bonchev–Trinajstić information content (AvgIpc) is 2.23. The molecule has 1 aliphatic rings. The first-order valence-electron chi connectivity index (χ1n) is 5.45. The Morgan fingerprint density at radius 2 is 1.94 bits per heavy atom. The number of allylic oxidation sites excluding steroid dienone is 2. The molecule has 16 heavy (non-hydrogen) atoms. The highest BCUT2D eigenvalue weighted by atomic mass is 16.7. The molecule has 0 unspecified atom stereocenters. The van der Waals surface area contributed by atoms with E-state index in [1.54, 1.807) is 6.08 Å². The first-order chi connectivity index (χ1) is 7.43. The summed E-state index contributed by atoms with van der Waals surface area (Å²) in [5.41, 5.74) is 0.636. The summed E-state index contributed by atoms with van der Waals surface area (Å²) in [5.74, 6) is -0.554. The quantitative estimate of drug-likeness (QED) is 0.531.